The molecule has 0 saturated carbocycles. The van der Waals surface area contributed by atoms with E-state index in [2.05, 4.69) is 41.9 Å². The molecule has 0 radical (unpaired) electrons. The van der Waals surface area contributed by atoms with Gasteiger partial charge in [0.1, 0.15) is 23.0 Å². The lowest BCUT2D eigenvalue weighted by Gasteiger charge is -2.24. The molecule has 0 saturated heterocycles. The average Bonchev–Trinajstić information content (AvgIpc) is 3.42. The number of alkyl halides is 3. The molecule has 3 amide bonds. The zero-order chi connectivity index (χ0) is 59.8. The molecule has 79 heavy (non-hydrogen) atoms. The van der Waals surface area contributed by atoms with E-state index < -0.39 is 64.1 Å². The van der Waals surface area contributed by atoms with Crippen LogP contribution in [0.2, 0.25) is 0 Å². The van der Waals surface area contributed by atoms with Gasteiger partial charge in [-0.1, -0.05) is 65.2 Å². The number of nitrogens with two attached hydrogens (primary N) is 1. The number of nitrogens with zero attached hydrogens (tertiary/aromatic N) is 1. The van der Waals surface area contributed by atoms with Gasteiger partial charge in [-0.2, -0.15) is 13.2 Å². The number of aryl methyl sites for hydroxylation is 1. The molecule has 0 spiro atoms. The number of hydrazine groups is 2. The van der Waals surface area contributed by atoms with Crippen molar-refractivity contribution in [2.45, 2.75) is 151 Å². The Bertz CT molecular complexity index is 2430. The number of carbonyl (C=O) groups excluding carboxylic acids is 6. The molecule has 2 atom stereocenters. The van der Waals surface area contributed by atoms with Crippen LogP contribution >= 0.6 is 11.6 Å². The van der Waals surface area contributed by atoms with Crippen molar-refractivity contribution in [3.8, 4) is 23.0 Å². The Labute approximate surface area is 468 Å². The van der Waals surface area contributed by atoms with Crippen LogP contribution in [0.3, 0.4) is 0 Å². The molecule has 21 heteroatoms. The fraction of sp³-hybridized carbons (Fsp3) is 0.483. The number of benzene rings is 4. The maximum Gasteiger partial charge on any atom is 0.416 e. The van der Waals surface area contributed by atoms with Crippen LogP contribution in [-0.2, 0) is 34.8 Å². The molecule has 0 aliphatic rings. The number of halogens is 4. The van der Waals surface area contributed by atoms with E-state index in [4.69, 9.17) is 45.9 Å². The summed E-state index contributed by atoms with van der Waals surface area (Å²) >= 11 is 5.22. The highest BCUT2D eigenvalue weighted by atomic mass is 35.5. The maximum absolute atomic E-state index is 12.7. The summed E-state index contributed by atoms with van der Waals surface area (Å²) in [6.07, 6.45) is -1.92. The Kier molecular flexibility index (Phi) is 32.2. The molecule has 2 unspecified atom stereocenters. The van der Waals surface area contributed by atoms with Crippen LogP contribution in [0.5, 0.6) is 23.0 Å². The van der Waals surface area contributed by atoms with Crippen LogP contribution < -0.4 is 41.1 Å². The van der Waals surface area contributed by atoms with Crippen LogP contribution in [0.1, 0.15) is 147 Å². The van der Waals surface area contributed by atoms with E-state index >= 15 is 0 Å². The van der Waals surface area contributed by atoms with E-state index in [1.54, 1.807) is 102 Å². The summed E-state index contributed by atoms with van der Waals surface area (Å²) in [5.41, 5.74) is 5.01. The molecule has 0 fully saturated rings. The van der Waals surface area contributed by atoms with Crippen LogP contribution in [0.15, 0.2) is 97.1 Å². The summed E-state index contributed by atoms with van der Waals surface area (Å²) in [7, 11) is 0. The first-order chi connectivity index (χ1) is 37.2. The van der Waals surface area contributed by atoms with Gasteiger partial charge in [0, 0.05) is 11.1 Å². The molecule has 0 aromatic heterocycles. The van der Waals surface area contributed by atoms with Gasteiger partial charge in [0.05, 0.1) is 18.8 Å². The van der Waals surface area contributed by atoms with E-state index in [-0.39, 0.29) is 18.1 Å². The molecule has 0 aliphatic carbocycles. The molecule has 4 aromatic carbocycles. The van der Waals surface area contributed by atoms with E-state index in [0.29, 0.717) is 54.4 Å². The highest BCUT2D eigenvalue weighted by Crippen LogP contribution is 2.29. The SMILES string of the molecule is CCCCC(Oc1ccc(OC(C)(C)C(=O)OCC)cc1)C(=O)NN.CCCCC(Oc1ccc(OC(C)(C)C(=O)OCC)cc1)C(=O)NNC(=O)c1ccc(C(F)(F)F)cc1.CCN(CC)CC.Cc1ccc(C(=O)Cl)cc1. The Balaban J connectivity index is 0.000000630. The van der Waals surface area contributed by atoms with Crippen LogP contribution in [0.25, 0.3) is 0 Å². The molecular weight excluding hydrogens is 1050 g/mol. The zero-order valence-electron chi connectivity index (χ0n) is 47.6. The summed E-state index contributed by atoms with van der Waals surface area (Å²) in [4.78, 5) is 73.5. The second-order valence-electron chi connectivity index (χ2n) is 18.4. The lowest BCUT2D eigenvalue weighted by molar-refractivity contribution is -0.159. The van der Waals surface area contributed by atoms with Crippen molar-refractivity contribution in [3.63, 3.8) is 0 Å². The largest absolute Gasteiger partial charge is 0.481 e. The van der Waals surface area contributed by atoms with Crippen molar-refractivity contribution in [3.05, 3.63) is 119 Å². The number of hydrogen-bond acceptors (Lipinski definition) is 14. The monoisotopic (exact) mass is 1130 g/mol. The second kappa shape index (κ2) is 36.3. The van der Waals surface area contributed by atoms with Crippen molar-refractivity contribution >= 4 is 46.5 Å². The fourth-order valence-corrected chi connectivity index (χ4v) is 6.71. The molecule has 0 aliphatic heterocycles. The van der Waals surface area contributed by atoms with Gasteiger partial charge in [0.15, 0.2) is 23.4 Å². The van der Waals surface area contributed by atoms with Crippen molar-refractivity contribution in [2.24, 2.45) is 5.84 Å². The number of nitrogens with one attached hydrogen (secondary N) is 3. The Morgan fingerprint density at radius 3 is 1.27 bits per heavy atom. The minimum Gasteiger partial charge on any atom is -0.481 e. The Morgan fingerprint density at radius 2 is 0.937 bits per heavy atom. The zero-order valence-corrected chi connectivity index (χ0v) is 48.4. The number of unbranched alkanes of at least 4 members (excludes halogenated alkanes) is 2. The minimum atomic E-state index is -4.52. The van der Waals surface area contributed by atoms with Crippen molar-refractivity contribution in [1.29, 1.82) is 0 Å². The molecule has 4 rings (SSSR count). The smallest absolute Gasteiger partial charge is 0.416 e. The quantitative estimate of drug-likeness (QED) is 0.0159. The first-order valence-corrected chi connectivity index (χ1v) is 26.7. The number of esters is 2. The van der Waals surface area contributed by atoms with Gasteiger partial charge in [-0.25, -0.2) is 15.4 Å². The van der Waals surface area contributed by atoms with E-state index in [0.717, 1.165) is 49.1 Å². The number of amides is 3. The molecule has 17 nitrogen and oxygen atoms in total. The predicted octanol–water partition coefficient (Wildman–Crippen LogP) is 10.9. The molecular formula is C58H81ClF3N5O12. The third kappa shape index (κ3) is 27.0. The number of ether oxygens (including phenoxy) is 6. The van der Waals surface area contributed by atoms with Crippen molar-refractivity contribution in [2.75, 3.05) is 32.8 Å². The average molecular weight is 1130 g/mol. The molecule has 4 aromatic rings. The molecule has 5 N–H and O–H groups in total. The Morgan fingerprint density at radius 1 is 0.557 bits per heavy atom. The van der Waals surface area contributed by atoms with Gasteiger partial charge >= 0.3 is 18.1 Å². The van der Waals surface area contributed by atoms with Gasteiger partial charge in [-0.05, 0) is 190 Å². The molecule has 438 valence electrons. The number of rotatable bonds is 25. The number of hydrogen-bond donors (Lipinski definition) is 4. The first-order valence-electron chi connectivity index (χ1n) is 26.3. The van der Waals surface area contributed by atoms with E-state index in [1.807, 2.05) is 32.9 Å². The summed E-state index contributed by atoms with van der Waals surface area (Å²) in [6.45, 7) is 26.5. The topological polar surface area (TPSA) is 223 Å². The molecule has 0 heterocycles. The number of carbonyl (C=O) groups is 6. The van der Waals surface area contributed by atoms with Crippen molar-refractivity contribution in [1.82, 2.24) is 21.2 Å². The van der Waals surface area contributed by atoms with Gasteiger partial charge in [-0.15, -0.1) is 0 Å². The van der Waals surface area contributed by atoms with Crippen LogP contribution in [0.4, 0.5) is 13.2 Å². The summed E-state index contributed by atoms with van der Waals surface area (Å²) in [5.74, 6) is 4.25. The van der Waals surface area contributed by atoms with E-state index in [1.165, 1.54) is 19.6 Å². The highest BCUT2D eigenvalue weighted by Gasteiger charge is 2.33. The molecule has 0 bridgehead atoms. The van der Waals surface area contributed by atoms with Gasteiger partial charge < -0.3 is 33.3 Å². The third-order valence-electron chi connectivity index (χ3n) is 11.2. The van der Waals surface area contributed by atoms with E-state index in [9.17, 15) is 41.9 Å². The van der Waals surface area contributed by atoms with Gasteiger partial charge in [0.25, 0.3) is 23.0 Å². The lowest BCUT2D eigenvalue weighted by Crippen LogP contribution is -2.48. The highest BCUT2D eigenvalue weighted by molar-refractivity contribution is 6.67. The summed E-state index contributed by atoms with van der Waals surface area (Å²) < 4.78 is 71.0. The summed E-state index contributed by atoms with van der Waals surface area (Å²) in [5, 5.41) is -0.403. The maximum atomic E-state index is 12.7. The first kappa shape index (κ1) is 70.1. The third-order valence-corrected chi connectivity index (χ3v) is 11.5. The van der Waals surface area contributed by atoms with Crippen LogP contribution in [0, 0.1) is 6.92 Å². The predicted molar refractivity (Wildman–Crippen MR) is 298 cm³/mol. The fourth-order valence-electron chi connectivity index (χ4n) is 6.58. The second-order valence-corrected chi connectivity index (χ2v) is 18.7. The van der Waals surface area contributed by atoms with Gasteiger partial charge in [0.2, 0.25) is 0 Å². The van der Waals surface area contributed by atoms with Crippen LogP contribution in [-0.4, -0.2) is 96.1 Å². The standard InChI is InChI=1S/C26H31F3N2O6.C18H28N2O5.C8H7ClO.C6H15N/c1-5-7-8-21(23(33)31-30-22(32)17-9-11-18(12-10-17)26(27,28)29)36-19-13-15-20(16-14-19)37-25(3,4)24(34)35-6-2;1-5-7-8-15(16(21)20-19)24-13-9-11-14(12-10-13)25-18(3,4)17(22)23-6-2;1-6-2-4-7(5-3-6)8(9)10;1-4-7(5-2)6-3/h9-16,21H,5-8H2,1-4H3,(H,30,32)(H,31,33);9-12,15H,5-8,19H2,1-4H3,(H,20,21);2-5H,1H3;4-6H2,1-3H3. The minimum absolute atomic E-state index is 0.0549. The van der Waals surface area contributed by atoms with Gasteiger partial charge in [-0.3, -0.25) is 35.5 Å². The normalized spacial score (nSPS) is 11.7. The van der Waals surface area contributed by atoms with Crippen molar-refractivity contribution < 1.29 is 70.4 Å². The Hall–Kier alpha value is -6.90. The lowest BCUT2D eigenvalue weighted by atomic mass is 10.1. The summed E-state index contributed by atoms with van der Waals surface area (Å²) in [6, 6.07) is 23.8.